The molecule has 5 nitrogen and oxygen atoms in total. The van der Waals surface area contributed by atoms with Crippen molar-refractivity contribution in [3.05, 3.63) is 29.3 Å². The van der Waals surface area contributed by atoms with E-state index >= 15 is 0 Å². The van der Waals surface area contributed by atoms with E-state index in [-0.39, 0.29) is 17.4 Å². The molecular weight excluding hydrogens is 268 g/mol. The number of carbonyl (C=O) groups excluding carboxylic acids is 2. The lowest BCUT2D eigenvalue weighted by Crippen LogP contribution is -2.49. The third-order valence-corrected chi connectivity index (χ3v) is 4.42. The third-order valence-electron chi connectivity index (χ3n) is 4.42. The van der Waals surface area contributed by atoms with Gasteiger partial charge in [-0.2, -0.15) is 0 Å². The van der Waals surface area contributed by atoms with Crippen molar-refractivity contribution >= 4 is 17.5 Å². The van der Waals surface area contributed by atoms with Gasteiger partial charge in [-0.1, -0.05) is 6.07 Å². The Bertz CT molecular complexity index is 599. The quantitative estimate of drug-likeness (QED) is 0.903. The molecule has 2 amide bonds. The number of piperidine rings is 1. The maximum atomic E-state index is 12.6. The number of methoxy groups -OCH3 is 1. The number of hydrogen-bond donors (Lipinski definition) is 1. The summed E-state index contributed by atoms with van der Waals surface area (Å²) < 4.78 is 5.53. The van der Waals surface area contributed by atoms with E-state index in [0.717, 1.165) is 30.6 Å². The van der Waals surface area contributed by atoms with Crippen LogP contribution >= 0.6 is 0 Å². The molecule has 1 unspecified atom stereocenters. The zero-order valence-corrected chi connectivity index (χ0v) is 12.4. The molecule has 0 radical (unpaired) electrons. The fourth-order valence-electron chi connectivity index (χ4n) is 3.08. The van der Waals surface area contributed by atoms with E-state index in [9.17, 15) is 9.59 Å². The molecule has 21 heavy (non-hydrogen) atoms. The summed E-state index contributed by atoms with van der Waals surface area (Å²) in [6.07, 6.45) is 2.31. The maximum absolute atomic E-state index is 12.6. The highest BCUT2D eigenvalue weighted by Crippen LogP contribution is 2.27. The minimum atomic E-state index is -0.265. The molecule has 0 spiro atoms. The van der Waals surface area contributed by atoms with Crippen LogP contribution in [-0.4, -0.2) is 42.5 Å². The fraction of sp³-hybridized carbons (Fsp3) is 0.500. The molecule has 2 aliphatic heterocycles. The van der Waals surface area contributed by atoms with E-state index in [4.69, 9.17) is 4.74 Å². The van der Waals surface area contributed by atoms with Crippen molar-refractivity contribution < 1.29 is 14.3 Å². The number of likely N-dealkylation sites (tertiary alicyclic amines) is 1. The summed E-state index contributed by atoms with van der Waals surface area (Å²) in [5, 5.41) is 2.79. The van der Waals surface area contributed by atoms with Crippen molar-refractivity contribution in [2.45, 2.75) is 31.8 Å². The standard InChI is InChI=1S/C16H20N2O3/c1-16(21-2)6-3-7-18(10-16)15(20)12-5-4-11-9-14(19)17-13(11)8-12/h4-5,8H,3,6-7,9-10H2,1-2H3,(H,17,19). The number of amides is 2. The van der Waals surface area contributed by atoms with E-state index in [1.165, 1.54) is 0 Å². The highest BCUT2D eigenvalue weighted by Gasteiger charge is 2.33. The zero-order chi connectivity index (χ0) is 15.0. The van der Waals surface area contributed by atoms with Gasteiger partial charge in [-0.25, -0.2) is 0 Å². The van der Waals surface area contributed by atoms with Crippen molar-refractivity contribution in [1.29, 1.82) is 0 Å². The number of hydrogen-bond acceptors (Lipinski definition) is 3. The van der Waals surface area contributed by atoms with Gasteiger partial charge in [0.15, 0.2) is 0 Å². The average molecular weight is 288 g/mol. The first kappa shape index (κ1) is 14.1. The van der Waals surface area contributed by atoms with Crippen LogP contribution < -0.4 is 5.32 Å². The Hall–Kier alpha value is -1.88. The molecule has 112 valence electrons. The molecule has 1 fully saturated rings. The van der Waals surface area contributed by atoms with Crippen LogP contribution in [0.5, 0.6) is 0 Å². The summed E-state index contributed by atoms with van der Waals surface area (Å²) in [6, 6.07) is 5.45. The van der Waals surface area contributed by atoms with Crippen LogP contribution in [0.4, 0.5) is 5.69 Å². The van der Waals surface area contributed by atoms with E-state index in [0.29, 0.717) is 18.5 Å². The first-order valence-electron chi connectivity index (χ1n) is 7.28. The maximum Gasteiger partial charge on any atom is 0.254 e. The first-order valence-corrected chi connectivity index (χ1v) is 7.28. The molecule has 3 rings (SSSR count). The van der Waals surface area contributed by atoms with Gasteiger partial charge in [0.2, 0.25) is 5.91 Å². The van der Waals surface area contributed by atoms with E-state index in [1.807, 2.05) is 17.9 Å². The first-order chi connectivity index (χ1) is 10.0. The van der Waals surface area contributed by atoms with Gasteiger partial charge in [0.1, 0.15) is 0 Å². The van der Waals surface area contributed by atoms with Gasteiger partial charge >= 0.3 is 0 Å². The zero-order valence-electron chi connectivity index (χ0n) is 12.4. The molecule has 1 aromatic carbocycles. The Morgan fingerprint density at radius 1 is 1.43 bits per heavy atom. The minimum Gasteiger partial charge on any atom is -0.377 e. The van der Waals surface area contributed by atoms with Gasteiger partial charge in [-0.05, 0) is 37.5 Å². The number of anilines is 1. The van der Waals surface area contributed by atoms with Gasteiger partial charge in [0.25, 0.3) is 5.91 Å². The SMILES string of the molecule is COC1(C)CCCN(C(=O)c2ccc3c(c2)NC(=O)C3)C1. The average Bonchev–Trinajstić information content (AvgIpc) is 2.85. The number of nitrogens with zero attached hydrogens (tertiary/aromatic N) is 1. The summed E-state index contributed by atoms with van der Waals surface area (Å²) in [7, 11) is 1.69. The van der Waals surface area contributed by atoms with Gasteiger partial charge in [0, 0.05) is 31.5 Å². The second-order valence-electron chi connectivity index (χ2n) is 6.08. The highest BCUT2D eigenvalue weighted by molar-refractivity contribution is 6.02. The van der Waals surface area contributed by atoms with Crippen LogP contribution in [0.2, 0.25) is 0 Å². The Kier molecular flexibility index (Phi) is 3.45. The van der Waals surface area contributed by atoms with E-state index in [1.54, 1.807) is 19.2 Å². The van der Waals surface area contributed by atoms with Crippen molar-refractivity contribution in [2.24, 2.45) is 0 Å². The molecule has 0 aromatic heterocycles. The number of carbonyl (C=O) groups is 2. The fourth-order valence-corrected chi connectivity index (χ4v) is 3.08. The van der Waals surface area contributed by atoms with Gasteiger partial charge in [-0.15, -0.1) is 0 Å². The van der Waals surface area contributed by atoms with Crippen molar-refractivity contribution in [1.82, 2.24) is 4.90 Å². The van der Waals surface area contributed by atoms with E-state index in [2.05, 4.69) is 5.32 Å². The largest absolute Gasteiger partial charge is 0.377 e. The topological polar surface area (TPSA) is 58.6 Å². The van der Waals surface area contributed by atoms with Crippen LogP contribution in [0.1, 0.15) is 35.7 Å². The lowest BCUT2D eigenvalue weighted by atomic mass is 9.94. The molecule has 1 aromatic rings. The van der Waals surface area contributed by atoms with Gasteiger partial charge < -0.3 is 15.0 Å². The number of rotatable bonds is 2. The van der Waals surface area contributed by atoms with Crippen molar-refractivity contribution in [3.8, 4) is 0 Å². The van der Waals surface area contributed by atoms with Crippen LogP contribution in [0.3, 0.4) is 0 Å². The smallest absolute Gasteiger partial charge is 0.254 e. The predicted octanol–water partition coefficient (Wildman–Crippen LogP) is 1.82. The molecule has 1 N–H and O–H groups in total. The summed E-state index contributed by atoms with van der Waals surface area (Å²) >= 11 is 0. The normalized spacial score (nSPS) is 24.7. The summed E-state index contributed by atoms with van der Waals surface area (Å²) in [5.74, 6) is -0.0125. The van der Waals surface area contributed by atoms with Crippen LogP contribution in [0.15, 0.2) is 18.2 Å². The number of fused-ring (bicyclic) bond motifs is 1. The molecule has 5 heteroatoms. The molecule has 2 heterocycles. The second-order valence-corrected chi connectivity index (χ2v) is 6.08. The highest BCUT2D eigenvalue weighted by atomic mass is 16.5. The molecule has 1 saturated heterocycles. The van der Waals surface area contributed by atoms with Gasteiger partial charge in [0.05, 0.1) is 12.0 Å². The lowest BCUT2D eigenvalue weighted by Gasteiger charge is -2.39. The lowest BCUT2D eigenvalue weighted by molar-refractivity contribution is -0.115. The van der Waals surface area contributed by atoms with E-state index < -0.39 is 0 Å². The van der Waals surface area contributed by atoms with Crippen molar-refractivity contribution in [3.63, 3.8) is 0 Å². The van der Waals surface area contributed by atoms with Crippen molar-refractivity contribution in [2.75, 3.05) is 25.5 Å². The van der Waals surface area contributed by atoms with Crippen LogP contribution in [0.25, 0.3) is 0 Å². The minimum absolute atomic E-state index is 0.00178. The molecule has 0 saturated carbocycles. The van der Waals surface area contributed by atoms with Crippen LogP contribution in [-0.2, 0) is 16.0 Å². The molecular formula is C16H20N2O3. The molecule has 0 aliphatic carbocycles. The van der Waals surface area contributed by atoms with Crippen LogP contribution in [0, 0.1) is 0 Å². The Labute approximate surface area is 124 Å². The van der Waals surface area contributed by atoms with Gasteiger partial charge in [-0.3, -0.25) is 9.59 Å². The Morgan fingerprint density at radius 2 is 2.24 bits per heavy atom. The third kappa shape index (κ3) is 2.65. The summed E-state index contributed by atoms with van der Waals surface area (Å²) in [6.45, 7) is 3.39. The second kappa shape index (κ2) is 5.15. The summed E-state index contributed by atoms with van der Waals surface area (Å²) in [4.78, 5) is 25.9. The number of nitrogens with one attached hydrogen (secondary N) is 1. The predicted molar refractivity (Wildman–Crippen MR) is 79.3 cm³/mol. The number of benzene rings is 1. The molecule has 2 aliphatic rings. The monoisotopic (exact) mass is 288 g/mol. The molecule has 1 atom stereocenters. The number of ether oxygens (including phenoxy) is 1. The Balaban J connectivity index is 1.80. The summed E-state index contributed by atoms with van der Waals surface area (Å²) in [5.41, 5.74) is 2.07. The molecule has 0 bridgehead atoms. The Morgan fingerprint density at radius 3 is 3.00 bits per heavy atom.